The second-order valence-corrected chi connectivity index (χ2v) is 8.58. The van der Waals surface area contributed by atoms with E-state index in [1.54, 1.807) is 18.3 Å². The van der Waals surface area contributed by atoms with Gasteiger partial charge in [-0.15, -0.1) is 5.10 Å². The Labute approximate surface area is 190 Å². The summed E-state index contributed by atoms with van der Waals surface area (Å²) in [6.45, 7) is 3.51. The summed E-state index contributed by atoms with van der Waals surface area (Å²) < 4.78 is 59.0. The summed E-state index contributed by atoms with van der Waals surface area (Å²) in [6, 6.07) is 5.91. The second-order valence-electron chi connectivity index (χ2n) is 7.85. The third-order valence-electron chi connectivity index (χ3n) is 5.56. The van der Waals surface area contributed by atoms with Crippen LogP contribution in [-0.4, -0.2) is 43.1 Å². The number of alkyl halides is 3. The quantitative estimate of drug-likeness (QED) is 0.426. The standard InChI is InChI=1S/C21H19F4N7S/c1-12-26-20(33-30-12)31-9-6-14(7-10-31)27-19-28-18-16(3-2-8-32(18)29-19)15-5-4-13(11-17(15)22)21(23,24)25/h2-5,8,11,14H,6-7,9-10H2,1H3,(H,27,29). The molecule has 0 aliphatic carbocycles. The molecule has 0 radical (unpaired) electrons. The maximum atomic E-state index is 14.6. The van der Waals surface area contributed by atoms with Crippen molar-refractivity contribution in [3.63, 3.8) is 0 Å². The fourth-order valence-corrected chi connectivity index (χ4v) is 4.63. The van der Waals surface area contributed by atoms with Crippen molar-refractivity contribution in [3.8, 4) is 11.1 Å². The Morgan fingerprint density at radius 1 is 1.09 bits per heavy atom. The normalized spacial score (nSPS) is 15.4. The smallest absolute Gasteiger partial charge is 0.350 e. The lowest BCUT2D eigenvalue weighted by Crippen LogP contribution is -2.39. The lowest BCUT2D eigenvalue weighted by molar-refractivity contribution is -0.137. The average molecular weight is 477 g/mol. The summed E-state index contributed by atoms with van der Waals surface area (Å²) >= 11 is 1.39. The third kappa shape index (κ3) is 4.34. The lowest BCUT2D eigenvalue weighted by atomic mass is 10.0. The molecular weight excluding hydrogens is 458 g/mol. The maximum absolute atomic E-state index is 14.6. The molecule has 5 rings (SSSR count). The molecule has 0 bridgehead atoms. The number of nitrogens with one attached hydrogen (secondary N) is 1. The van der Waals surface area contributed by atoms with Crippen LogP contribution in [0, 0.1) is 12.7 Å². The van der Waals surface area contributed by atoms with Crippen LogP contribution < -0.4 is 10.2 Å². The minimum atomic E-state index is -4.61. The summed E-state index contributed by atoms with van der Waals surface area (Å²) in [5, 5.41) is 8.66. The molecule has 4 heterocycles. The molecule has 0 spiro atoms. The molecule has 172 valence electrons. The van der Waals surface area contributed by atoms with Crippen LogP contribution in [0.4, 0.5) is 28.6 Å². The highest BCUT2D eigenvalue weighted by molar-refractivity contribution is 7.09. The first-order valence-electron chi connectivity index (χ1n) is 10.3. The molecule has 1 aromatic carbocycles. The first-order chi connectivity index (χ1) is 15.8. The van der Waals surface area contributed by atoms with Crippen LogP contribution in [0.2, 0.25) is 0 Å². The summed E-state index contributed by atoms with van der Waals surface area (Å²) in [6.07, 6.45) is -1.23. The van der Waals surface area contributed by atoms with Crippen LogP contribution in [-0.2, 0) is 6.18 Å². The maximum Gasteiger partial charge on any atom is 0.416 e. The summed E-state index contributed by atoms with van der Waals surface area (Å²) in [5.41, 5.74) is -0.270. The molecule has 1 aliphatic heterocycles. The number of aromatic nitrogens is 5. The van der Waals surface area contributed by atoms with Crippen LogP contribution in [0.5, 0.6) is 0 Å². The monoisotopic (exact) mass is 477 g/mol. The van der Waals surface area contributed by atoms with Crippen molar-refractivity contribution in [1.29, 1.82) is 0 Å². The highest BCUT2D eigenvalue weighted by atomic mass is 32.1. The van der Waals surface area contributed by atoms with Crippen molar-refractivity contribution in [2.75, 3.05) is 23.3 Å². The Bertz CT molecular complexity index is 1290. The largest absolute Gasteiger partial charge is 0.416 e. The minimum Gasteiger partial charge on any atom is -0.350 e. The van der Waals surface area contributed by atoms with Gasteiger partial charge >= 0.3 is 6.18 Å². The van der Waals surface area contributed by atoms with E-state index in [2.05, 4.69) is 29.7 Å². The summed E-state index contributed by atoms with van der Waals surface area (Å²) in [4.78, 5) is 11.1. The molecule has 0 atom stereocenters. The van der Waals surface area contributed by atoms with Gasteiger partial charge in [0.25, 0.3) is 0 Å². The van der Waals surface area contributed by atoms with Gasteiger partial charge in [0.2, 0.25) is 11.1 Å². The first kappa shape index (κ1) is 21.6. The fourth-order valence-electron chi connectivity index (χ4n) is 3.90. The molecule has 7 nitrogen and oxygen atoms in total. The van der Waals surface area contributed by atoms with Gasteiger partial charge in [-0.05, 0) is 44.0 Å². The minimum absolute atomic E-state index is 0.0354. The van der Waals surface area contributed by atoms with Crippen molar-refractivity contribution in [3.05, 3.63) is 53.7 Å². The zero-order valence-electron chi connectivity index (χ0n) is 17.5. The van der Waals surface area contributed by atoms with Crippen LogP contribution in [0.25, 0.3) is 16.8 Å². The van der Waals surface area contributed by atoms with E-state index < -0.39 is 17.6 Å². The Hall–Kier alpha value is -3.28. The summed E-state index contributed by atoms with van der Waals surface area (Å²) in [7, 11) is 0. The number of halogens is 4. The Morgan fingerprint density at radius 3 is 2.55 bits per heavy atom. The van der Waals surface area contributed by atoms with E-state index in [-0.39, 0.29) is 11.6 Å². The molecule has 0 amide bonds. The molecule has 1 saturated heterocycles. The summed E-state index contributed by atoms with van der Waals surface area (Å²) in [5.74, 6) is 0.194. The van der Waals surface area contributed by atoms with Crippen molar-refractivity contribution < 1.29 is 17.6 Å². The van der Waals surface area contributed by atoms with E-state index >= 15 is 0 Å². The van der Waals surface area contributed by atoms with Gasteiger partial charge in [0.15, 0.2) is 5.65 Å². The van der Waals surface area contributed by atoms with Gasteiger partial charge in [-0.2, -0.15) is 22.5 Å². The molecule has 1 fully saturated rings. The van der Waals surface area contributed by atoms with Gasteiger partial charge in [0.1, 0.15) is 11.6 Å². The van der Waals surface area contributed by atoms with E-state index in [1.165, 1.54) is 16.0 Å². The molecule has 4 aromatic rings. The zero-order chi connectivity index (χ0) is 23.2. The molecule has 33 heavy (non-hydrogen) atoms. The molecule has 0 unspecified atom stereocenters. The number of benzene rings is 1. The zero-order valence-corrected chi connectivity index (χ0v) is 18.3. The molecular formula is C21H19F4N7S. The average Bonchev–Trinajstić information content (AvgIpc) is 3.39. The molecule has 12 heteroatoms. The van der Waals surface area contributed by atoms with Gasteiger partial charge in [0.05, 0.1) is 5.56 Å². The Balaban J connectivity index is 1.34. The van der Waals surface area contributed by atoms with Crippen LogP contribution in [0.3, 0.4) is 0 Å². The second kappa shape index (κ2) is 8.25. The van der Waals surface area contributed by atoms with Gasteiger partial charge in [0, 0.05) is 48.0 Å². The van der Waals surface area contributed by atoms with Crippen LogP contribution >= 0.6 is 11.5 Å². The van der Waals surface area contributed by atoms with E-state index in [9.17, 15) is 17.6 Å². The number of nitrogens with zero attached hydrogens (tertiary/aromatic N) is 6. The fraction of sp³-hybridized carbons (Fsp3) is 0.333. The number of piperidine rings is 1. The highest BCUT2D eigenvalue weighted by Crippen LogP contribution is 2.34. The van der Waals surface area contributed by atoms with E-state index in [0.29, 0.717) is 23.2 Å². The van der Waals surface area contributed by atoms with Crippen LogP contribution in [0.15, 0.2) is 36.5 Å². The predicted molar refractivity (Wildman–Crippen MR) is 117 cm³/mol. The van der Waals surface area contributed by atoms with Crippen molar-refractivity contribution in [1.82, 2.24) is 24.0 Å². The van der Waals surface area contributed by atoms with E-state index in [1.807, 2.05) is 6.92 Å². The molecule has 3 aromatic heterocycles. The van der Waals surface area contributed by atoms with Crippen molar-refractivity contribution in [2.24, 2.45) is 0 Å². The van der Waals surface area contributed by atoms with Gasteiger partial charge in [-0.1, -0.05) is 6.07 Å². The number of hydrogen-bond acceptors (Lipinski definition) is 7. The number of aryl methyl sites for hydroxylation is 1. The SMILES string of the molecule is Cc1nsc(N2CCC(Nc3nc4c(-c5ccc(C(F)(F)F)cc5F)cccn4n3)CC2)n1. The Kier molecular flexibility index (Phi) is 5.39. The molecule has 1 N–H and O–H groups in total. The van der Waals surface area contributed by atoms with Gasteiger partial charge in [-0.3, -0.25) is 0 Å². The van der Waals surface area contributed by atoms with Crippen LogP contribution in [0.1, 0.15) is 24.2 Å². The highest BCUT2D eigenvalue weighted by Gasteiger charge is 2.31. The Morgan fingerprint density at radius 2 is 1.88 bits per heavy atom. The molecule has 1 aliphatic rings. The number of hydrogen-bond donors (Lipinski definition) is 1. The number of pyridine rings is 1. The predicted octanol–water partition coefficient (Wildman–Crippen LogP) is 4.80. The van der Waals surface area contributed by atoms with Crippen molar-refractivity contribution >= 4 is 28.3 Å². The van der Waals surface area contributed by atoms with Gasteiger partial charge < -0.3 is 10.2 Å². The topological polar surface area (TPSA) is 71.2 Å². The van der Waals surface area contributed by atoms with E-state index in [0.717, 1.165) is 49.0 Å². The number of anilines is 2. The first-order valence-corrected chi connectivity index (χ1v) is 11.1. The van der Waals surface area contributed by atoms with Crippen molar-refractivity contribution in [2.45, 2.75) is 32.0 Å². The third-order valence-corrected chi connectivity index (χ3v) is 6.43. The number of rotatable bonds is 4. The van der Waals surface area contributed by atoms with Gasteiger partial charge in [-0.25, -0.2) is 13.9 Å². The van der Waals surface area contributed by atoms with E-state index in [4.69, 9.17) is 0 Å². The number of fused-ring (bicyclic) bond motifs is 1. The molecule has 0 saturated carbocycles. The lowest BCUT2D eigenvalue weighted by Gasteiger charge is -2.31.